The molecule has 2 aromatic carbocycles. The van der Waals surface area contributed by atoms with Gasteiger partial charge in [-0.05, 0) is 54.8 Å². The molecule has 1 N–H and O–H groups in total. The first-order chi connectivity index (χ1) is 16.5. The minimum atomic E-state index is -0.208. The molecule has 0 aromatic heterocycles. The van der Waals surface area contributed by atoms with Gasteiger partial charge in [-0.3, -0.25) is 4.90 Å². The molecule has 4 rings (SSSR count). The van der Waals surface area contributed by atoms with E-state index in [4.69, 9.17) is 14.7 Å². The maximum atomic E-state index is 11.9. The van der Waals surface area contributed by atoms with Crippen molar-refractivity contribution >= 4 is 5.97 Å². The first kappa shape index (κ1) is 24.2. The van der Waals surface area contributed by atoms with Gasteiger partial charge in [-0.2, -0.15) is 5.26 Å². The van der Waals surface area contributed by atoms with Gasteiger partial charge in [0.05, 0.1) is 18.2 Å². The molecule has 1 fully saturated rings. The van der Waals surface area contributed by atoms with Gasteiger partial charge in [0, 0.05) is 50.9 Å². The standard InChI is InChI=1S/C27H34N4O3/c1-4-29-25(22-7-8-23-24(19(22)2)18-34-27(23)32)17-31-13-11-30(12-14-31)10-9-20-5-6-21(16-28)26(15-20)33-3/h5-8,15,25,29H,4,9-14,17-18H2,1-3H3/t25-/m0/s1. The fourth-order valence-electron chi connectivity index (χ4n) is 4.99. The summed E-state index contributed by atoms with van der Waals surface area (Å²) in [6, 6.07) is 12.3. The number of hydrogen-bond acceptors (Lipinski definition) is 7. The third kappa shape index (κ3) is 5.25. The predicted octanol–water partition coefficient (Wildman–Crippen LogP) is 3.06. The van der Waals surface area contributed by atoms with Crippen molar-refractivity contribution in [3.63, 3.8) is 0 Å². The zero-order valence-corrected chi connectivity index (χ0v) is 20.4. The molecule has 1 atom stereocenters. The molecule has 0 spiro atoms. The monoisotopic (exact) mass is 462 g/mol. The molecule has 0 amide bonds. The van der Waals surface area contributed by atoms with Gasteiger partial charge in [-0.1, -0.05) is 19.1 Å². The maximum absolute atomic E-state index is 11.9. The number of methoxy groups -OCH3 is 1. The number of rotatable bonds is 9. The lowest BCUT2D eigenvalue weighted by Gasteiger charge is -2.37. The zero-order chi connectivity index (χ0) is 24.1. The summed E-state index contributed by atoms with van der Waals surface area (Å²) in [5, 5.41) is 12.8. The molecule has 180 valence electrons. The first-order valence-corrected chi connectivity index (χ1v) is 12.1. The van der Waals surface area contributed by atoms with Gasteiger partial charge in [0.15, 0.2) is 0 Å². The lowest BCUT2D eigenvalue weighted by molar-refractivity contribution is 0.0535. The van der Waals surface area contributed by atoms with Gasteiger partial charge in [0.2, 0.25) is 0 Å². The number of fused-ring (bicyclic) bond motifs is 1. The fraction of sp³-hybridized carbons (Fsp3) is 0.481. The van der Waals surface area contributed by atoms with E-state index in [1.54, 1.807) is 7.11 Å². The number of ether oxygens (including phenoxy) is 2. The van der Waals surface area contributed by atoms with Gasteiger partial charge in [-0.15, -0.1) is 0 Å². The number of likely N-dealkylation sites (N-methyl/N-ethyl adjacent to an activating group) is 1. The highest BCUT2D eigenvalue weighted by molar-refractivity contribution is 5.94. The Balaban J connectivity index is 1.32. The number of benzene rings is 2. The minimum Gasteiger partial charge on any atom is -0.495 e. The Bertz CT molecular complexity index is 1070. The summed E-state index contributed by atoms with van der Waals surface area (Å²) in [5.41, 5.74) is 5.95. The van der Waals surface area contributed by atoms with Crippen molar-refractivity contribution in [1.82, 2.24) is 15.1 Å². The Labute approximate surface area is 202 Å². The van der Waals surface area contributed by atoms with Gasteiger partial charge in [-0.25, -0.2) is 4.79 Å². The van der Waals surface area contributed by atoms with E-state index in [9.17, 15) is 4.79 Å². The van der Waals surface area contributed by atoms with Crippen LogP contribution in [-0.4, -0.2) is 68.7 Å². The van der Waals surface area contributed by atoms with E-state index >= 15 is 0 Å². The van der Waals surface area contributed by atoms with Crippen LogP contribution in [-0.2, 0) is 17.8 Å². The minimum absolute atomic E-state index is 0.208. The van der Waals surface area contributed by atoms with E-state index in [-0.39, 0.29) is 12.0 Å². The average Bonchev–Trinajstić information content (AvgIpc) is 3.25. The van der Waals surface area contributed by atoms with Crippen molar-refractivity contribution in [1.29, 1.82) is 5.26 Å². The van der Waals surface area contributed by atoms with Crippen LogP contribution in [0, 0.1) is 18.3 Å². The Hall–Kier alpha value is -2.92. The smallest absolute Gasteiger partial charge is 0.338 e. The topological polar surface area (TPSA) is 77.8 Å². The molecule has 2 aliphatic rings. The van der Waals surface area contributed by atoms with Gasteiger partial charge in [0.1, 0.15) is 18.4 Å². The van der Waals surface area contributed by atoms with Crippen LogP contribution in [0.4, 0.5) is 0 Å². The van der Waals surface area contributed by atoms with E-state index in [2.05, 4.69) is 41.1 Å². The third-order valence-corrected chi connectivity index (χ3v) is 7.04. The maximum Gasteiger partial charge on any atom is 0.338 e. The molecule has 2 heterocycles. The highest BCUT2D eigenvalue weighted by Gasteiger charge is 2.27. The Morgan fingerprint density at radius 3 is 2.65 bits per heavy atom. The summed E-state index contributed by atoms with van der Waals surface area (Å²) in [4.78, 5) is 16.9. The lowest BCUT2D eigenvalue weighted by atomic mass is 9.93. The van der Waals surface area contributed by atoms with Crippen LogP contribution in [0.3, 0.4) is 0 Å². The van der Waals surface area contributed by atoms with Crippen molar-refractivity contribution in [3.8, 4) is 11.8 Å². The summed E-state index contributed by atoms with van der Waals surface area (Å²) in [5.74, 6) is 0.442. The molecule has 0 unspecified atom stereocenters. The van der Waals surface area contributed by atoms with E-state index < -0.39 is 0 Å². The Morgan fingerprint density at radius 1 is 1.18 bits per heavy atom. The molecule has 34 heavy (non-hydrogen) atoms. The van der Waals surface area contributed by atoms with Gasteiger partial charge in [0.25, 0.3) is 0 Å². The molecule has 0 saturated carbocycles. The Kier molecular flexibility index (Phi) is 7.84. The largest absolute Gasteiger partial charge is 0.495 e. The van der Waals surface area contributed by atoms with Crippen molar-refractivity contribution in [2.45, 2.75) is 32.9 Å². The highest BCUT2D eigenvalue weighted by Crippen LogP contribution is 2.29. The summed E-state index contributed by atoms with van der Waals surface area (Å²) in [6.07, 6.45) is 0.942. The van der Waals surface area contributed by atoms with Gasteiger partial charge >= 0.3 is 5.97 Å². The highest BCUT2D eigenvalue weighted by atomic mass is 16.5. The second kappa shape index (κ2) is 11.0. The first-order valence-electron chi connectivity index (χ1n) is 12.1. The number of nitriles is 1. The van der Waals surface area contributed by atoms with Gasteiger partial charge < -0.3 is 19.7 Å². The summed E-state index contributed by atoms with van der Waals surface area (Å²) >= 11 is 0. The summed E-state index contributed by atoms with van der Waals surface area (Å²) in [7, 11) is 1.61. The van der Waals surface area contributed by atoms with Crippen LogP contribution in [0.2, 0.25) is 0 Å². The molecule has 7 heteroatoms. The number of piperazine rings is 1. The molecule has 2 aromatic rings. The predicted molar refractivity (Wildman–Crippen MR) is 131 cm³/mol. The molecule has 0 bridgehead atoms. The summed E-state index contributed by atoms with van der Waals surface area (Å²) in [6.45, 7) is 11.6. The van der Waals surface area contributed by atoms with Crippen molar-refractivity contribution < 1.29 is 14.3 Å². The molecule has 0 radical (unpaired) electrons. The van der Waals surface area contributed by atoms with Crippen molar-refractivity contribution in [3.05, 3.63) is 63.7 Å². The van der Waals surface area contributed by atoms with Crippen molar-refractivity contribution in [2.24, 2.45) is 0 Å². The van der Waals surface area contributed by atoms with Crippen LogP contribution in [0.15, 0.2) is 30.3 Å². The van der Waals surface area contributed by atoms with Crippen LogP contribution < -0.4 is 10.1 Å². The lowest BCUT2D eigenvalue weighted by Crippen LogP contribution is -2.49. The van der Waals surface area contributed by atoms with Crippen LogP contribution in [0.1, 0.15) is 51.1 Å². The molecule has 0 aliphatic carbocycles. The normalized spacial score (nSPS) is 17.2. The quantitative estimate of drug-likeness (QED) is 0.574. The number of carbonyl (C=O) groups is 1. The average molecular weight is 463 g/mol. The van der Waals surface area contributed by atoms with Crippen LogP contribution in [0.25, 0.3) is 0 Å². The van der Waals surface area contributed by atoms with E-state index in [0.717, 1.165) is 57.8 Å². The number of cyclic esters (lactones) is 1. The van der Waals surface area contributed by atoms with Crippen molar-refractivity contribution in [2.75, 3.05) is 52.9 Å². The Morgan fingerprint density at radius 2 is 1.94 bits per heavy atom. The fourth-order valence-corrected chi connectivity index (χ4v) is 4.99. The number of nitrogens with one attached hydrogen (secondary N) is 1. The summed E-state index contributed by atoms with van der Waals surface area (Å²) < 4.78 is 10.6. The second-order valence-electron chi connectivity index (χ2n) is 9.03. The van der Waals surface area contributed by atoms with E-state index in [1.165, 1.54) is 16.7 Å². The molecular formula is C27H34N4O3. The number of esters is 1. The molecule has 1 saturated heterocycles. The van der Waals surface area contributed by atoms with Crippen LogP contribution >= 0.6 is 0 Å². The SMILES string of the molecule is CCN[C@@H](CN1CCN(CCc2ccc(C#N)c(OC)c2)CC1)c1ccc2c(c1C)COC2=O. The second-order valence-corrected chi connectivity index (χ2v) is 9.03. The molecule has 2 aliphatic heterocycles. The third-order valence-electron chi connectivity index (χ3n) is 7.04. The van der Waals surface area contributed by atoms with E-state index in [1.807, 2.05) is 24.3 Å². The molecular weight excluding hydrogens is 428 g/mol. The number of carbonyl (C=O) groups excluding carboxylic acids is 1. The number of hydrogen-bond donors (Lipinski definition) is 1. The number of nitrogens with zero attached hydrogens (tertiary/aromatic N) is 3. The zero-order valence-electron chi connectivity index (χ0n) is 20.4. The molecule has 7 nitrogen and oxygen atoms in total. The van der Waals surface area contributed by atoms with E-state index in [0.29, 0.717) is 23.5 Å². The van der Waals surface area contributed by atoms with Crippen LogP contribution in [0.5, 0.6) is 5.75 Å².